The fourth-order valence-electron chi connectivity index (χ4n) is 7.35. The number of rotatable bonds is 3. The van der Waals surface area contributed by atoms with Crippen molar-refractivity contribution in [1.29, 1.82) is 0 Å². The first kappa shape index (κ1) is 24.8. The third kappa shape index (κ3) is 3.56. The summed E-state index contributed by atoms with van der Waals surface area (Å²) in [6.45, 7) is 0. The van der Waals surface area contributed by atoms with E-state index in [9.17, 15) is 0 Å². The van der Waals surface area contributed by atoms with E-state index in [1.807, 2.05) is 11.3 Å². The molecule has 0 aliphatic carbocycles. The molecule has 0 amide bonds. The van der Waals surface area contributed by atoms with Gasteiger partial charge in [0.15, 0.2) is 0 Å². The van der Waals surface area contributed by atoms with Crippen LogP contribution in [0.25, 0.3) is 86.3 Å². The van der Waals surface area contributed by atoms with E-state index in [-0.39, 0.29) is 0 Å². The maximum absolute atomic E-state index is 2.41. The van der Waals surface area contributed by atoms with Crippen LogP contribution in [0.3, 0.4) is 0 Å². The summed E-state index contributed by atoms with van der Waals surface area (Å²) in [6.07, 6.45) is 0. The largest absolute Gasteiger partial charge is 0.309 e. The second-order valence-corrected chi connectivity index (χ2v) is 12.8. The van der Waals surface area contributed by atoms with Gasteiger partial charge >= 0.3 is 0 Å². The number of aromatic nitrogens is 2. The summed E-state index contributed by atoms with van der Waals surface area (Å²) in [7, 11) is 0. The van der Waals surface area contributed by atoms with Gasteiger partial charge in [0.1, 0.15) is 0 Å². The Balaban J connectivity index is 1.18. The van der Waals surface area contributed by atoms with E-state index in [2.05, 4.69) is 167 Å². The Labute approximate surface area is 263 Å². The highest BCUT2D eigenvalue weighted by molar-refractivity contribution is 7.26. The molecular weight excluding hydrogens is 565 g/mol. The van der Waals surface area contributed by atoms with Gasteiger partial charge in [0.05, 0.1) is 22.1 Å². The standard InChI is InChI=1S/C42H26N2S/c1-2-11-28(12-3-1)43-39-20-9-6-15-33(39)35-25-27(21-23-40(35)43)30-16-10-17-34-36-26-29(22-24-41(36)45-42(30)34)44-37-18-7-4-13-31(37)32-14-5-8-19-38(32)44/h1-26H. The normalized spacial score (nSPS) is 12.0. The molecule has 0 bridgehead atoms. The van der Waals surface area contributed by atoms with Crippen molar-refractivity contribution < 1.29 is 0 Å². The fourth-order valence-corrected chi connectivity index (χ4v) is 8.57. The Hall–Kier alpha value is -5.64. The smallest absolute Gasteiger partial charge is 0.0541 e. The SMILES string of the molecule is c1ccc(-n2c3ccccc3c3cc(-c4cccc5c4sc4ccc(-n6c7ccccc7c7ccccc76)cc45)ccc32)cc1. The van der Waals surface area contributed by atoms with E-state index in [0.29, 0.717) is 0 Å². The molecule has 0 atom stereocenters. The van der Waals surface area contributed by atoms with Crippen LogP contribution < -0.4 is 0 Å². The molecule has 7 aromatic carbocycles. The number of fused-ring (bicyclic) bond motifs is 9. The zero-order valence-electron chi connectivity index (χ0n) is 24.3. The summed E-state index contributed by atoms with van der Waals surface area (Å²) in [4.78, 5) is 0. The molecule has 0 aliphatic heterocycles. The molecule has 3 heteroatoms. The summed E-state index contributed by atoms with van der Waals surface area (Å²) in [6, 6.07) is 57.6. The lowest BCUT2D eigenvalue weighted by molar-refractivity contribution is 1.18. The Morgan fingerprint density at radius 2 is 0.933 bits per heavy atom. The highest BCUT2D eigenvalue weighted by Gasteiger charge is 2.17. The van der Waals surface area contributed by atoms with Crippen LogP contribution in [0.2, 0.25) is 0 Å². The summed E-state index contributed by atoms with van der Waals surface area (Å²) in [5.74, 6) is 0. The first-order valence-electron chi connectivity index (χ1n) is 15.4. The molecular formula is C42H26N2S. The van der Waals surface area contributed by atoms with Crippen molar-refractivity contribution in [2.24, 2.45) is 0 Å². The van der Waals surface area contributed by atoms with Gasteiger partial charge < -0.3 is 9.13 Å². The van der Waals surface area contributed by atoms with Crippen molar-refractivity contribution in [2.45, 2.75) is 0 Å². The van der Waals surface area contributed by atoms with Crippen LogP contribution in [0, 0.1) is 0 Å². The lowest BCUT2D eigenvalue weighted by atomic mass is 10.0. The highest BCUT2D eigenvalue weighted by atomic mass is 32.1. The van der Waals surface area contributed by atoms with Crippen LogP contribution in [0.4, 0.5) is 0 Å². The van der Waals surface area contributed by atoms with Gasteiger partial charge in [0.25, 0.3) is 0 Å². The monoisotopic (exact) mass is 590 g/mol. The van der Waals surface area contributed by atoms with Crippen LogP contribution in [0.1, 0.15) is 0 Å². The second-order valence-electron chi connectivity index (χ2n) is 11.8. The van der Waals surface area contributed by atoms with Gasteiger partial charge in [-0.25, -0.2) is 0 Å². The van der Waals surface area contributed by atoms with Gasteiger partial charge in [-0.2, -0.15) is 0 Å². The first-order chi connectivity index (χ1) is 22.3. The zero-order chi connectivity index (χ0) is 29.5. The van der Waals surface area contributed by atoms with Gasteiger partial charge in [-0.3, -0.25) is 0 Å². The lowest BCUT2D eigenvalue weighted by Gasteiger charge is -2.09. The van der Waals surface area contributed by atoms with E-state index in [1.165, 1.54) is 86.3 Å². The van der Waals surface area contributed by atoms with Crippen LogP contribution in [0.15, 0.2) is 158 Å². The Kier molecular flexibility index (Phi) is 5.19. The topological polar surface area (TPSA) is 9.86 Å². The van der Waals surface area contributed by atoms with E-state index in [4.69, 9.17) is 0 Å². The predicted molar refractivity (Wildman–Crippen MR) is 193 cm³/mol. The van der Waals surface area contributed by atoms with Gasteiger partial charge in [-0.15, -0.1) is 11.3 Å². The molecule has 0 fully saturated rings. The summed E-state index contributed by atoms with van der Waals surface area (Å²) in [5.41, 5.74) is 9.84. The molecule has 0 saturated carbocycles. The number of para-hydroxylation sites is 4. The minimum atomic E-state index is 1.18. The minimum Gasteiger partial charge on any atom is -0.309 e. The van der Waals surface area contributed by atoms with Crippen LogP contribution in [0.5, 0.6) is 0 Å². The number of nitrogens with zero attached hydrogens (tertiary/aromatic N) is 2. The van der Waals surface area contributed by atoms with Crippen molar-refractivity contribution in [3.63, 3.8) is 0 Å². The molecule has 45 heavy (non-hydrogen) atoms. The molecule has 210 valence electrons. The van der Waals surface area contributed by atoms with Crippen LogP contribution in [-0.2, 0) is 0 Å². The summed E-state index contributed by atoms with van der Waals surface area (Å²) >= 11 is 1.89. The van der Waals surface area contributed by atoms with E-state index in [1.54, 1.807) is 0 Å². The van der Waals surface area contributed by atoms with Gasteiger partial charge in [0, 0.05) is 53.1 Å². The summed E-state index contributed by atoms with van der Waals surface area (Å²) in [5, 5.41) is 7.74. The van der Waals surface area contributed by atoms with Crippen molar-refractivity contribution in [3.8, 4) is 22.5 Å². The predicted octanol–water partition coefficient (Wildman–Crippen LogP) is 11.9. The molecule has 0 radical (unpaired) electrons. The number of thiophene rings is 1. The molecule has 0 N–H and O–H groups in total. The molecule has 0 aliphatic rings. The molecule has 0 saturated heterocycles. The molecule has 3 aromatic heterocycles. The third-order valence-corrected chi connectivity index (χ3v) is 10.5. The number of hydrogen-bond acceptors (Lipinski definition) is 1. The Bertz CT molecular complexity index is 2710. The van der Waals surface area contributed by atoms with Gasteiger partial charge in [-0.1, -0.05) is 97.1 Å². The van der Waals surface area contributed by atoms with E-state index >= 15 is 0 Å². The molecule has 0 spiro atoms. The molecule has 10 aromatic rings. The van der Waals surface area contributed by atoms with Gasteiger partial charge in [-0.05, 0) is 71.8 Å². The molecule has 3 heterocycles. The first-order valence-corrected chi connectivity index (χ1v) is 16.2. The molecule has 0 unspecified atom stereocenters. The highest BCUT2D eigenvalue weighted by Crippen LogP contribution is 2.43. The van der Waals surface area contributed by atoms with Crippen LogP contribution in [-0.4, -0.2) is 9.13 Å². The average Bonchev–Trinajstić information content (AvgIpc) is 3.76. The maximum Gasteiger partial charge on any atom is 0.0541 e. The van der Waals surface area contributed by atoms with Gasteiger partial charge in [0.2, 0.25) is 0 Å². The number of hydrogen-bond donors (Lipinski definition) is 0. The quantitative estimate of drug-likeness (QED) is 0.194. The van der Waals surface area contributed by atoms with Crippen molar-refractivity contribution in [3.05, 3.63) is 158 Å². The van der Waals surface area contributed by atoms with E-state index in [0.717, 1.165) is 0 Å². The Morgan fingerprint density at radius 1 is 0.356 bits per heavy atom. The fraction of sp³-hybridized carbons (Fsp3) is 0. The van der Waals surface area contributed by atoms with Crippen molar-refractivity contribution >= 4 is 75.1 Å². The zero-order valence-corrected chi connectivity index (χ0v) is 25.1. The minimum absolute atomic E-state index is 1.18. The van der Waals surface area contributed by atoms with Crippen molar-refractivity contribution in [2.75, 3.05) is 0 Å². The Morgan fingerprint density at radius 3 is 1.64 bits per heavy atom. The average molecular weight is 591 g/mol. The van der Waals surface area contributed by atoms with E-state index < -0.39 is 0 Å². The van der Waals surface area contributed by atoms with Crippen molar-refractivity contribution in [1.82, 2.24) is 9.13 Å². The molecule has 10 rings (SSSR count). The molecule has 2 nitrogen and oxygen atoms in total. The maximum atomic E-state index is 2.41. The lowest BCUT2D eigenvalue weighted by Crippen LogP contribution is -1.93. The van der Waals surface area contributed by atoms with Crippen LogP contribution >= 0.6 is 11.3 Å². The number of benzene rings is 7. The second kappa shape index (κ2) is 9.43. The summed E-state index contributed by atoms with van der Waals surface area (Å²) < 4.78 is 7.43. The third-order valence-electron chi connectivity index (χ3n) is 9.32.